The second-order valence-electron chi connectivity index (χ2n) is 2.78. The minimum atomic E-state index is -0.341. The molecule has 0 amide bonds. The minimum Gasteiger partial charge on any atom is -0.369 e. The van der Waals surface area contributed by atoms with Gasteiger partial charge in [0.05, 0.1) is 0 Å². The summed E-state index contributed by atoms with van der Waals surface area (Å²) in [5.74, 6) is -0.216. The molecule has 0 saturated carbocycles. The third kappa shape index (κ3) is 1.51. The third-order valence-electron chi connectivity index (χ3n) is 1.70. The van der Waals surface area contributed by atoms with Crippen LogP contribution in [0.4, 0.5) is 5.69 Å². The van der Waals surface area contributed by atoms with Crippen molar-refractivity contribution < 1.29 is 4.52 Å². The quantitative estimate of drug-likeness (QED) is 0.367. The van der Waals surface area contributed by atoms with Gasteiger partial charge in [-0.15, -0.1) is 0 Å². The average molecular weight is 196 g/mol. The molecule has 7 heteroatoms. The molecule has 1 aromatic heterocycles. The molecule has 0 spiro atoms. The second kappa shape index (κ2) is 3.36. The van der Waals surface area contributed by atoms with Gasteiger partial charge in [0.15, 0.2) is 17.7 Å². The first-order chi connectivity index (χ1) is 6.45. The molecule has 0 fully saturated rings. The monoisotopic (exact) mass is 196 g/mol. The van der Waals surface area contributed by atoms with Crippen molar-refractivity contribution in [3.8, 4) is 0 Å². The van der Waals surface area contributed by atoms with Gasteiger partial charge in [0.2, 0.25) is 0 Å². The molecular formula is C7H12N6O. The van der Waals surface area contributed by atoms with Crippen molar-refractivity contribution >= 4 is 17.6 Å². The fourth-order valence-electron chi connectivity index (χ4n) is 1.17. The molecule has 0 bridgehead atoms. The molecule has 0 atom stereocenters. The second-order valence-corrected chi connectivity index (χ2v) is 2.78. The summed E-state index contributed by atoms with van der Waals surface area (Å²) >= 11 is 0. The van der Waals surface area contributed by atoms with Gasteiger partial charge in [0, 0.05) is 0 Å². The van der Waals surface area contributed by atoms with Crippen LogP contribution in [0.1, 0.15) is 11.5 Å². The number of aryl methyl sites for hydroxylation is 2. The SMILES string of the molecule is Cc1noc(C)c1N(C(=N)N)C(=N)N. The van der Waals surface area contributed by atoms with Gasteiger partial charge >= 0.3 is 0 Å². The Morgan fingerprint density at radius 1 is 1.29 bits per heavy atom. The van der Waals surface area contributed by atoms with Gasteiger partial charge in [-0.05, 0) is 13.8 Å². The van der Waals surface area contributed by atoms with Crippen molar-refractivity contribution in [3.63, 3.8) is 0 Å². The first-order valence-electron chi connectivity index (χ1n) is 3.86. The van der Waals surface area contributed by atoms with Crippen molar-refractivity contribution in [1.29, 1.82) is 10.8 Å². The third-order valence-corrected chi connectivity index (χ3v) is 1.70. The van der Waals surface area contributed by atoms with E-state index < -0.39 is 0 Å². The van der Waals surface area contributed by atoms with Gasteiger partial charge in [0.1, 0.15) is 11.4 Å². The van der Waals surface area contributed by atoms with Crippen molar-refractivity contribution in [1.82, 2.24) is 5.16 Å². The van der Waals surface area contributed by atoms with Crippen molar-refractivity contribution in [2.45, 2.75) is 13.8 Å². The Morgan fingerprint density at radius 2 is 1.79 bits per heavy atom. The lowest BCUT2D eigenvalue weighted by Crippen LogP contribution is -2.45. The van der Waals surface area contributed by atoms with Gasteiger partial charge in [-0.2, -0.15) is 0 Å². The summed E-state index contributed by atoms with van der Waals surface area (Å²) in [5, 5.41) is 18.2. The number of anilines is 1. The van der Waals surface area contributed by atoms with Gasteiger partial charge < -0.3 is 16.0 Å². The molecule has 14 heavy (non-hydrogen) atoms. The van der Waals surface area contributed by atoms with E-state index in [9.17, 15) is 0 Å². The first kappa shape index (κ1) is 10.0. The summed E-state index contributed by atoms with van der Waals surface area (Å²) in [7, 11) is 0. The lowest BCUT2D eigenvalue weighted by Gasteiger charge is -2.19. The smallest absolute Gasteiger partial charge is 0.200 e. The molecule has 1 rings (SSSR count). The van der Waals surface area contributed by atoms with Crippen LogP contribution in [0, 0.1) is 24.7 Å². The Hall–Kier alpha value is -2.05. The van der Waals surface area contributed by atoms with Crippen LogP contribution in [0.3, 0.4) is 0 Å². The maximum Gasteiger partial charge on any atom is 0.200 e. The van der Waals surface area contributed by atoms with Crippen molar-refractivity contribution in [2.24, 2.45) is 11.5 Å². The zero-order valence-electron chi connectivity index (χ0n) is 7.96. The number of guanidine groups is 2. The summed E-state index contributed by atoms with van der Waals surface area (Å²) in [5.41, 5.74) is 11.6. The van der Waals surface area contributed by atoms with E-state index in [-0.39, 0.29) is 11.9 Å². The Labute approximate surface area is 80.7 Å². The maximum atomic E-state index is 7.26. The topological polar surface area (TPSA) is 129 Å². The summed E-state index contributed by atoms with van der Waals surface area (Å²) in [4.78, 5) is 1.06. The van der Waals surface area contributed by atoms with E-state index in [4.69, 9.17) is 26.8 Å². The van der Waals surface area contributed by atoms with Gasteiger partial charge in [-0.1, -0.05) is 5.16 Å². The van der Waals surface area contributed by atoms with E-state index in [0.717, 1.165) is 4.90 Å². The van der Waals surface area contributed by atoms with E-state index in [2.05, 4.69) is 5.16 Å². The molecule has 0 aromatic carbocycles. The van der Waals surface area contributed by atoms with Crippen LogP contribution in [0.5, 0.6) is 0 Å². The Bertz CT molecular complexity index is 348. The van der Waals surface area contributed by atoms with Gasteiger partial charge in [-0.25, -0.2) is 4.90 Å². The largest absolute Gasteiger partial charge is 0.369 e. The van der Waals surface area contributed by atoms with Crippen LogP contribution in [0.25, 0.3) is 0 Å². The molecule has 0 saturated heterocycles. The predicted octanol–water partition coefficient (Wildman–Crippen LogP) is -0.115. The normalized spacial score (nSPS) is 9.86. The fraction of sp³-hybridized carbons (Fsp3) is 0.286. The highest BCUT2D eigenvalue weighted by Crippen LogP contribution is 2.23. The lowest BCUT2D eigenvalue weighted by atomic mass is 10.3. The Balaban J connectivity index is 3.24. The molecule has 1 aromatic rings. The Morgan fingerprint density at radius 3 is 2.07 bits per heavy atom. The van der Waals surface area contributed by atoms with Crippen LogP contribution >= 0.6 is 0 Å². The number of aromatic nitrogens is 1. The van der Waals surface area contributed by atoms with Gasteiger partial charge in [0.25, 0.3) is 0 Å². The summed E-state index contributed by atoms with van der Waals surface area (Å²) in [6, 6.07) is 0. The van der Waals surface area contributed by atoms with Crippen LogP contribution in [-0.2, 0) is 0 Å². The minimum absolute atomic E-state index is 0.341. The lowest BCUT2D eigenvalue weighted by molar-refractivity contribution is 0.393. The van der Waals surface area contributed by atoms with Crippen LogP contribution in [-0.4, -0.2) is 17.1 Å². The van der Waals surface area contributed by atoms with Crippen molar-refractivity contribution in [3.05, 3.63) is 11.5 Å². The number of nitrogens with zero attached hydrogens (tertiary/aromatic N) is 2. The molecule has 1 heterocycles. The van der Waals surface area contributed by atoms with E-state index in [0.29, 0.717) is 17.1 Å². The molecule has 0 aliphatic rings. The maximum absolute atomic E-state index is 7.26. The van der Waals surface area contributed by atoms with E-state index in [1.165, 1.54) is 0 Å². The fourth-order valence-corrected chi connectivity index (χ4v) is 1.17. The summed E-state index contributed by atoms with van der Waals surface area (Å²) in [6.45, 7) is 3.35. The van der Waals surface area contributed by atoms with Crippen molar-refractivity contribution in [2.75, 3.05) is 4.90 Å². The number of nitrogens with one attached hydrogen (secondary N) is 2. The van der Waals surface area contributed by atoms with E-state index in [1.807, 2.05) is 0 Å². The Kier molecular flexibility index (Phi) is 2.41. The summed E-state index contributed by atoms with van der Waals surface area (Å²) in [6.07, 6.45) is 0. The van der Waals surface area contributed by atoms with Crippen LogP contribution in [0.15, 0.2) is 4.52 Å². The molecule has 0 aliphatic carbocycles. The standard InChI is InChI=1S/C7H12N6O/c1-3-5(4(2)14-12-3)13(6(8)9)7(10)11/h1-2H3,(H3,8,9)(H3,10,11). The zero-order chi connectivity index (χ0) is 10.9. The zero-order valence-corrected chi connectivity index (χ0v) is 7.96. The molecular weight excluding hydrogens is 184 g/mol. The number of rotatable bonds is 1. The highest BCUT2D eigenvalue weighted by molar-refractivity contribution is 6.14. The first-order valence-corrected chi connectivity index (χ1v) is 3.86. The molecule has 0 aliphatic heterocycles. The number of hydrogen-bond acceptors (Lipinski definition) is 4. The molecule has 76 valence electrons. The molecule has 6 N–H and O–H groups in total. The average Bonchev–Trinajstić information content (AvgIpc) is 2.34. The molecule has 0 radical (unpaired) electrons. The molecule has 0 unspecified atom stereocenters. The van der Waals surface area contributed by atoms with Crippen LogP contribution < -0.4 is 16.4 Å². The highest BCUT2D eigenvalue weighted by Gasteiger charge is 2.21. The summed E-state index contributed by atoms with van der Waals surface area (Å²) < 4.78 is 4.88. The number of hydrogen-bond donors (Lipinski definition) is 4. The van der Waals surface area contributed by atoms with E-state index in [1.54, 1.807) is 13.8 Å². The highest BCUT2D eigenvalue weighted by atomic mass is 16.5. The predicted molar refractivity (Wildman–Crippen MR) is 52.3 cm³/mol. The van der Waals surface area contributed by atoms with Gasteiger partial charge in [-0.3, -0.25) is 10.8 Å². The van der Waals surface area contributed by atoms with Crippen LogP contribution in [0.2, 0.25) is 0 Å². The van der Waals surface area contributed by atoms with E-state index >= 15 is 0 Å². The molecule has 7 nitrogen and oxygen atoms in total. The number of nitrogens with two attached hydrogens (primary N) is 2.